The predicted molar refractivity (Wildman–Crippen MR) is 94.1 cm³/mol. The van der Waals surface area contributed by atoms with Crippen LogP contribution in [0.15, 0.2) is 36.4 Å². The Labute approximate surface area is 142 Å². The molecule has 2 N–H and O–H groups in total. The van der Waals surface area contributed by atoms with E-state index < -0.39 is 4.92 Å². The minimum Gasteiger partial charge on any atom is -0.332 e. The molecule has 0 spiro atoms. The van der Waals surface area contributed by atoms with E-state index in [0.717, 1.165) is 11.3 Å². The summed E-state index contributed by atoms with van der Waals surface area (Å²) in [5, 5.41) is 17.6. The van der Waals surface area contributed by atoms with Crippen LogP contribution in [0.25, 0.3) is 0 Å². The average Bonchev–Trinajstić information content (AvgIpc) is 2.45. The van der Waals surface area contributed by atoms with Crippen LogP contribution < -0.4 is 10.6 Å². The minimum atomic E-state index is -0.513. The Morgan fingerprint density at radius 3 is 2.45 bits per heavy atom. The van der Waals surface area contributed by atoms with Crippen molar-refractivity contribution in [2.24, 2.45) is 0 Å². The molecular formula is C14H11Cl2N3O2S. The molecule has 0 radical (unpaired) electrons. The van der Waals surface area contributed by atoms with Gasteiger partial charge in [-0.25, -0.2) is 0 Å². The van der Waals surface area contributed by atoms with Crippen LogP contribution in [-0.2, 0) is 0 Å². The largest absolute Gasteiger partial charge is 0.332 e. The lowest BCUT2D eigenvalue weighted by Gasteiger charge is -2.12. The maximum atomic E-state index is 10.7. The van der Waals surface area contributed by atoms with Crippen LogP contribution in [0.5, 0.6) is 0 Å². The van der Waals surface area contributed by atoms with E-state index in [9.17, 15) is 10.1 Å². The first-order valence-corrected chi connectivity index (χ1v) is 7.31. The van der Waals surface area contributed by atoms with Gasteiger partial charge in [0.2, 0.25) is 0 Å². The first-order chi connectivity index (χ1) is 10.4. The molecular weight excluding hydrogens is 345 g/mol. The summed E-state index contributed by atoms with van der Waals surface area (Å²) in [4.78, 5) is 10.1. The SMILES string of the molecule is Cc1ccc(NC(=S)Nc2ccc([N+](=O)[O-])cc2Cl)cc1Cl. The fraction of sp³-hybridized carbons (Fsp3) is 0.0714. The highest BCUT2D eigenvalue weighted by Gasteiger charge is 2.10. The fourth-order valence-corrected chi connectivity index (χ4v) is 2.30. The number of anilines is 2. The summed E-state index contributed by atoms with van der Waals surface area (Å²) in [5.41, 5.74) is 2.08. The Kier molecular flexibility index (Phi) is 5.18. The summed E-state index contributed by atoms with van der Waals surface area (Å²) in [6.45, 7) is 1.90. The summed E-state index contributed by atoms with van der Waals surface area (Å²) in [6, 6.07) is 9.56. The highest BCUT2D eigenvalue weighted by Crippen LogP contribution is 2.27. The molecule has 114 valence electrons. The van der Waals surface area contributed by atoms with Gasteiger partial charge < -0.3 is 10.6 Å². The quantitative estimate of drug-likeness (QED) is 0.459. The van der Waals surface area contributed by atoms with Gasteiger partial charge in [-0.2, -0.15) is 0 Å². The van der Waals surface area contributed by atoms with Gasteiger partial charge in [0.1, 0.15) is 0 Å². The first kappa shape index (κ1) is 16.5. The van der Waals surface area contributed by atoms with Crippen LogP contribution in [0, 0.1) is 17.0 Å². The standard InChI is InChI=1S/C14H11Cl2N3O2S/c1-8-2-3-9(6-11(8)15)17-14(22)18-13-5-4-10(19(20)21)7-12(13)16/h2-7H,1H3,(H2,17,18,22). The molecule has 0 heterocycles. The normalized spacial score (nSPS) is 10.1. The zero-order chi connectivity index (χ0) is 16.3. The number of aryl methyl sites for hydroxylation is 1. The topological polar surface area (TPSA) is 67.2 Å². The second-order valence-electron chi connectivity index (χ2n) is 4.46. The Hall–Kier alpha value is -1.89. The number of thiocarbonyl (C=S) groups is 1. The van der Waals surface area contributed by atoms with E-state index in [1.807, 2.05) is 19.1 Å². The lowest BCUT2D eigenvalue weighted by Crippen LogP contribution is -2.19. The molecule has 0 bridgehead atoms. The van der Waals surface area contributed by atoms with Gasteiger partial charge in [-0.1, -0.05) is 29.3 Å². The van der Waals surface area contributed by atoms with Crippen LogP contribution in [0.1, 0.15) is 5.56 Å². The summed E-state index contributed by atoms with van der Waals surface area (Å²) >= 11 is 17.2. The third-order valence-corrected chi connectivity index (χ3v) is 3.77. The van der Waals surface area contributed by atoms with Gasteiger partial charge in [-0.15, -0.1) is 0 Å². The van der Waals surface area contributed by atoms with Crippen molar-refractivity contribution in [2.45, 2.75) is 6.92 Å². The van der Waals surface area contributed by atoms with Gasteiger partial charge in [-0.3, -0.25) is 10.1 Å². The molecule has 0 saturated heterocycles. The van der Waals surface area contributed by atoms with Gasteiger partial charge in [-0.05, 0) is 42.9 Å². The molecule has 8 heteroatoms. The van der Waals surface area contributed by atoms with Crippen LogP contribution in [0.2, 0.25) is 10.0 Å². The number of nitro groups is 1. The van der Waals surface area contributed by atoms with Crippen molar-refractivity contribution in [3.8, 4) is 0 Å². The Balaban J connectivity index is 2.08. The summed E-state index contributed by atoms with van der Waals surface area (Å²) in [6.07, 6.45) is 0. The van der Waals surface area contributed by atoms with Gasteiger partial charge >= 0.3 is 0 Å². The number of nitrogens with zero attached hydrogens (tertiary/aromatic N) is 1. The number of nitro benzene ring substituents is 1. The Bertz CT molecular complexity index is 753. The second-order valence-corrected chi connectivity index (χ2v) is 5.69. The number of hydrogen-bond acceptors (Lipinski definition) is 3. The van der Waals surface area contributed by atoms with Gasteiger partial charge in [0.05, 0.1) is 15.6 Å². The smallest absolute Gasteiger partial charge is 0.271 e. The number of benzene rings is 2. The van der Waals surface area contributed by atoms with Gasteiger partial charge in [0, 0.05) is 22.8 Å². The van der Waals surface area contributed by atoms with Crippen molar-refractivity contribution in [3.63, 3.8) is 0 Å². The van der Waals surface area contributed by atoms with E-state index in [2.05, 4.69) is 10.6 Å². The first-order valence-electron chi connectivity index (χ1n) is 6.15. The molecule has 0 atom stereocenters. The number of hydrogen-bond donors (Lipinski definition) is 2. The average molecular weight is 356 g/mol. The minimum absolute atomic E-state index is 0.0836. The van der Waals surface area contributed by atoms with E-state index in [1.165, 1.54) is 18.2 Å². The molecule has 0 aliphatic carbocycles. The number of non-ortho nitro benzene ring substituents is 1. The maximum absolute atomic E-state index is 10.7. The van der Waals surface area contributed by atoms with Crippen LogP contribution in [0.3, 0.4) is 0 Å². The lowest BCUT2D eigenvalue weighted by atomic mass is 10.2. The van der Waals surface area contributed by atoms with Crippen molar-refractivity contribution in [2.75, 3.05) is 10.6 Å². The summed E-state index contributed by atoms with van der Waals surface area (Å²) in [7, 11) is 0. The Morgan fingerprint density at radius 1 is 1.14 bits per heavy atom. The molecule has 0 unspecified atom stereocenters. The van der Waals surface area contributed by atoms with Gasteiger partial charge in [0.15, 0.2) is 5.11 Å². The van der Waals surface area contributed by atoms with Crippen molar-refractivity contribution in [3.05, 3.63) is 62.1 Å². The second kappa shape index (κ2) is 6.91. The number of rotatable bonds is 3. The van der Waals surface area contributed by atoms with E-state index in [1.54, 1.807) is 6.07 Å². The monoisotopic (exact) mass is 355 g/mol. The molecule has 2 aromatic carbocycles. The fourth-order valence-electron chi connectivity index (χ4n) is 1.67. The third-order valence-electron chi connectivity index (χ3n) is 2.84. The molecule has 0 fully saturated rings. The van der Waals surface area contributed by atoms with E-state index in [0.29, 0.717) is 15.8 Å². The van der Waals surface area contributed by atoms with Crippen LogP contribution in [0.4, 0.5) is 17.1 Å². The van der Waals surface area contributed by atoms with E-state index in [4.69, 9.17) is 35.4 Å². The van der Waals surface area contributed by atoms with E-state index >= 15 is 0 Å². The molecule has 0 saturated carbocycles. The van der Waals surface area contributed by atoms with Crippen molar-refractivity contribution in [1.29, 1.82) is 0 Å². The van der Waals surface area contributed by atoms with Crippen LogP contribution in [-0.4, -0.2) is 10.0 Å². The zero-order valence-corrected chi connectivity index (χ0v) is 13.7. The molecule has 22 heavy (non-hydrogen) atoms. The maximum Gasteiger partial charge on any atom is 0.271 e. The molecule has 0 amide bonds. The lowest BCUT2D eigenvalue weighted by molar-refractivity contribution is -0.384. The van der Waals surface area contributed by atoms with Crippen LogP contribution >= 0.6 is 35.4 Å². The molecule has 5 nitrogen and oxygen atoms in total. The molecule has 2 aromatic rings. The summed E-state index contributed by atoms with van der Waals surface area (Å²) < 4.78 is 0. The highest BCUT2D eigenvalue weighted by molar-refractivity contribution is 7.80. The van der Waals surface area contributed by atoms with Crippen molar-refractivity contribution in [1.82, 2.24) is 0 Å². The highest BCUT2D eigenvalue weighted by atomic mass is 35.5. The van der Waals surface area contributed by atoms with Gasteiger partial charge in [0.25, 0.3) is 5.69 Å². The van der Waals surface area contributed by atoms with Crippen molar-refractivity contribution >= 4 is 57.6 Å². The van der Waals surface area contributed by atoms with Crippen molar-refractivity contribution < 1.29 is 4.92 Å². The number of halogens is 2. The summed E-state index contributed by atoms with van der Waals surface area (Å²) in [5.74, 6) is 0. The predicted octanol–water partition coefficient (Wildman–Crippen LogP) is 5.02. The molecule has 2 rings (SSSR count). The third kappa shape index (κ3) is 4.07. The zero-order valence-electron chi connectivity index (χ0n) is 11.4. The molecule has 0 aromatic heterocycles. The van der Waals surface area contributed by atoms with E-state index in [-0.39, 0.29) is 10.7 Å². The molecule has 0 aliphatic heterocycles. The Morgan fingerprint density at radius 2 is 1.86 bits per heavy atom. The number of nitrogens with one attached hydrogen (secondary N) is 2. The molecule has 0 aliphatic rings.